The maximum Gasteiger partial charge on any atom is 0.191 e. The van der Waals surface area contributed by atoms with E-state index in [9.17, 15) is 0 Å². The SMILES string of the molecule is CCNC(=NCc1cc(OC)c(OC)cc1OC)NC(C)CC. The number of benzene rings is 1. The number of guanidine groups is 1. The first-order valence-corrected chi connectivity index (χ1v) is 7.93. The molecule has 0 bridgehead atoms. The standard InChI is InChI=1S/C17H29N3O3/c1-7-12(3)20-17(18-8-2)19-11-13-9-15(22-5)16(23-6)10-14(13)21-4/h9-10,12H,7-8,11H2,1-6H3,(H2,18,19,20). The van der Waals surface area contributed by atoms with Crippen molar-refractivity contribution in [3.8, 4) is 17.2 Å². The Kier molecular flexibility index (Phi) is 8.08. The van der Waals surface area contributed by atoms with E-state index in [0.29, 0.717) is 24.1 Å². The lowest BCUT2D eigenvalue weighted by molar-refractivity contribution is 0.347. The first-order chi connectivity index (χ1) is 11.1. The first kappa shape index (κ1) is 18.9. The van der Waals surface area contributed by atoms with Gasteiger partial charge < -0.3 is 24.8 Å². The highest BCUT2D eigenvalue weighted by molar-refractivity contribution is 5.80. The molecule has 0 saturated heterocycles. The molecule has 1 aromatic rings. The fourth-order valence-corrected chi connectivity index (χ4v) is 2.04. The zero-order valence-electron chi connectivity index (χ0n) is 15.0. The molecule has 0 amide bonds. The van der Waals surface area contributed by atoms with Gasteiger partial charge >= 0.3 is 0 Å². The van der Waals surface area contributed by atoms with Gasteiger partial charge in [-0.2, -0.15) is 0 Å². The van der Waals surface area contributed by atoms with Gasteiger partial charge in [-0.05, 0) is 26.3 Å². The number of methoxy groups -OCH3 is 3. The van der Waals surface area contributed by atoms with E-state index in [1.165, 1.54) is 0 Å². The van der Waals surface area contributed by atoms with E-state index in [2.05, 4.69) is 29.5 Å². The molecule has 0 aliphatic rings. The fourth-order valence-electron chi connectivity index (χ4n) is 2.04. The largest absolute Gasteiger partial charge is 0.496 e. The molecule has 0 aromatic heterocycles. The van der Waals surface area contributed by atoms with Crippen LogP contribution in [0, 0.1) is 0 Å². The van der Waals surface area contributed by atoms with Gasteiger partial charge in [-0.1, -0.05) is 6.92 Å². The van der Waals surface area contributed by atoms with E-state index in [0.717, 1.165) is 30.2 Å². The summed E-state index contributed by atoms with van der Waals surface area (Å²) in [5, 5.41) is 6.62. The molecule has 0 aliphatic carbocycles. The molecule has 0 saturated carbocycles. The normalized spacial score (nSPS) is 12.5. The average Bonchev–Trinajstić information content (AvgIpc) is 2.58. The highest BCUT2D eigenvalue weighted by atomic mass is 16.5. The third-order valence-electron chi connectivity index (χ3n) is 3.53. The van der Waals surface area contributed by atoms with Crippen molar-refractivity contribution >= 4 is 5.96 Å². The van der Waals surface area contributed by atoms with Crippen LogP contribution in [0.25, 0.3) is 0 Å². The van der Waals surface area contributed by atoms with Crippen LogP contribution in [0.3, 0.4) is 0 Å². The minimum Gasteiger partial charge on any atom is -0.496 e. The Labute approximate surface area is 139 Å². The second-order valence-electron chi connectivity index (χ2n) is 5.17. The smallest absolute Gasteiger partial charge is 0.191 e. The minimum atomic E-state index is 0.361. The highest BCUT2D eigenvalue weighted by Crippen LogP contribution is 2.34. The third-order valence-corrected chi connectivity index (χ3v) is 3.53. The van der Waals surface area contributed by atoms with E-state index >= 15 is 0 Å². The predicted octanol–water partition coefficient (Wildman–Crippen LogP) is 2.57. The summed E-state index contributed by atoms with van der Waals surface area (Å²) in [6.07, 6.45) is 1.03. The molecule has 0 fully saturated rings. The van der Waals surface area contributed by atoms with Crippen molar-refractivity contribution in [3.63, 3.8) is 0 Å². The Morgan fingerprint density at radius 3 is 2.17 bits per heavy atom. The Bertz CT molecular complexity index is 518. The molecule has 1 aromatic carbocycles. The average molecular weight is 323 g/mol. The highest BCUT2D eigenvalue weighted by Gasteiger charge is 2.12. The van der Waals surface area contributed by atoms with Gasteiger partial charge in [0.15, 0.2) is 17.5 Å². The molecule has 0 spiro atoms. The summed E-state index contributed by atoms with van der Waals surface area (Å²) in [4.78, 5) is 4.63. The lowest BCUT2D eigenvalue weighted by Crippen LogP contribution is -2.41. The molecule has 0 aliphatic heterocycles. The predicted molar refractivity (Wildman–Crippen MR) is 93.8 cm³/mol. The second-order valence-corrected chi connectivity index (χ2v) is 5.17. The van der Waals surface area contributed by atoms with Crippen LogP contribution in [0.4, 0.5) is 0 Å². The van der Waals surface area contributed by atoms with Gasteiger partial charge in [-0.25, -0.2) is 4.99 Å². The van der Waals surface area contributed by atoms with E-state index in [4.69, 9.17) is 14.2 Å². The lowest BCUT2D eigenvalue weighted by atomic mass is 10.1. The molecular formula is C17H29N3O3. The molecule has 2 N–H and O–H groups in total. The summed E-state index contributed by atoms with van der Waals surface area (Å²) in [7, 11) is 4.86. The number of hydrogen-bond acceptors (Lipinski definition) is 4. The van der Waals surface area contributed by atoms with Crippen molar-refractivity contribution in [1.82, 2.24) is 10.6 Å². The van der Waals surface area contributed by atoms with Crippen LogP contribution < -0.4 is 24.8 Å². The second kappa shape index (κ2) is 9.82. The van der Waals surface area contributed by atoms with Crippen LogP contribution in [0.2, 0.25) is 0 Å². The van der Waals surface area contributed by atoms with Crippen molar-refractivity contribution in [2.75, 3.05) is 27.9 Å². The molecule has 23 heavy (non-hydrogen) atoms. The van der Waals surface area contributed by atoms with Crippen molar-refractivity contribution in [2.24, 2.45) is 4.99 Å². The Balaban J connectivity index is 3.02. The van der Waals surface area contributed by atoms with E-state index < -0.39 is 0 Å². The quantitative estimate of drug-likeness (QED) is 0.569. The summed E-state index contributed by atoms with van der Waals surface area (Å²) in [6, 6.07) is 4.08. The van der Waals surface area contributed by atoms with Crippen molar-refractivity contribution < 1.29 is 14.2 Å². The van der Waals surface area contributed by atoms with Crippen LogP contribution in [-0.2, 0) is 6.54 Å². The van der Waals surface area contributed by atoms with Gasteiger partial charge in [0, 0.05) is 24.2 Å². The number of nitrogens with one attached hydrogen (secondary N) is 2. The van der Waals surface area contributed by atoms with E-state index in [1.807, 2.05) is 19.1 Å². The number of nitrogens with zero attached hydrogens (tertiary/aromatic N) is 1. The Hall–Kier alpha value is -2.11. The lowest BCUT2D eigenvalue weighted by Gasteiger charge is -2.17. The van der Waals surface area contributed by atoms with Gasteiger partial charge in [0.1, 0.15) is 5.75 Å². The van der Waals surface area contributed by atoms with Crippen LogP contribution in [0.15, 0.2) is 17.1 Å². The summed E-state index contributed by atoms with van der Waals surface area (Å²) in [5.74, 6) is 2.82. The Morgan fingerprint density at radius 2 is 1.65 bits per heavy atom. The third kappa shape index (κ3) is 5.54. The summed E-state index contributed by atoms with van der Waals surface area (Å²) >= 11 is 0. The van der Waals surface area contributed by atoms with Gasteiger partial charge in [0.05, 0.1) is 27.9 Å². The molecule has 0 heterocycles. The summed E-state index contributed by atoms with van der Waals surface area (Å²) < 4.78 is 16.1. The van der Waals surface area contributed by atoms with Gasteiger partial charge in [0.25, 0.3) is 0 Å². The van der Waals surface area contributed by atoms with Crippen molar-refractivity contribution in [3.05, 3.63) is 17.7 Å². The van der Waals surface area contributed by atoms with Crippen molar-refractivity contribution in [1.29, 1.82) is 0 Å². The van der Waals surface area contributed by atoms with E-state index in [1.54, 1.807) is 21.3 Å². The molecule has 6 heteroatoms. The zero-order valence-corrected chi connectivity index (χ0v) is 15.0. The van der Waals surface area contributed by atoms with E-state index in [-0.39, 0.29) is 0 Å². The van der Waals surface area contributed by atoms with Gasteiger partial charge in [-0.15, -0.1) is 0 Å². The molecule has 130 valence electrons. The topological polar surface area (TPSA) is 64.1 Å². The molecule has 0 radical (unpaired) electrons. The maximum absolute atomic E-state index is 5.44. The molecule has 1 unspecified atom stereocenters. The number of aliphatic imine (C=N–C) groups is 1. The first-order valence-electron chi connectivity index (χ1n) is 7.93. The Morgan fingerprint density at radius 1 is 1.04 bits per heavy atom. The number of rotatable bonds is 8. The van der Waals surface area contributed by atoms with Crippen LogP contribution >= 0.6 is 0 Å². The van der Waals surface area contributed by atoms with Crippen LogP contribution in [-0.4, -0.2) is 39.9 Å². The molecular weight excluding hydrogens is 294 g/mol. The maximum atomic E-state index is 5.44. The zero-order chi connectivity index (χ0) is 17.2. The number of hydrogen-bond donors (Lipinski definition) is 2. The minimum absolute atomic E-state index is 0.361. The van der Waals surface area contributed by atoms with Gasteiger partial charge in [-0.3, -0.25) is 0 Å². The molecule has 1 rings (SSSR count). The molecule has 6 nitrogen and oxygen atoms in total. The van der Waals surface area contributed by atoms with Gasteiger partial charge in [0.2, 0.25) is 0 Å². The fraction of sp³-hybridized carbons (Fsp3) is 0.588. The van der Waals surface area contributed by atoms with Crippen LogP contribution in [0.5, 0.6) is 17.2 Å². The van der Waals surface area contributed by atoms with Crippen LogP contribution in [0.1, 0.15) is 32.8 Å². The summed E-state index contributed by atoms with van der Waals surface area (Å²) in [6.45, 7) is 7.61. The van der Waals surface area contributed by atoms with Crippen molar-refractivity contribution in [2.45, 2.75) is 39.8 Å². The molecule has 1 atom stereocenters. The monoisotopic (exact) mass is 323 g/mol. The summed E-state index contributed by atoms with van der Waals surface area (Å²) in [5.41, 5.74) is 0.937. The number of ether oxygens (including phenoxy) is 3.